The zero-order valence-electron chi connectivity index (χ0n) is 23.0. The number of carbonyl (C=O) groups excluding carboxylic acids is 2. The minimum atomic E-state index is -0.735. The Bertz CT molecular complexity index is 979. The lowest BCUT2D eigenvalue weighted by Gasteiger charge is -2.54. The van der Waals surface area contributed by atoms with Crippen molar-refractivity contribution in [2.75, 3.05) is 19.7 Å². The summed E-state index contributed by atoms with van der Waals surface area (Å²) in [5, 5.41) is 14.4. The third-order valence-corrected chi connectivity index (χ3v) is 8.92. The van der Waals surface area contributed by atoms with Crippen LogP contribution in [-0.2, 0) is 4.79 Å². The predicted octanol–water partition coefficient (Wildman–Crippen LogP) is 3.84. The van der Waals surface area contributed by atoms with Crippen LogP contribution in [0.15, 0.2) is 12.3 Å². The SMILES string of the molecule is CC(C)COc1c(C(=O)NC2C3CC4CC(C3)CC2C4)cnn1/C=C/C(C)(C)C(=O)NC1CCCNC1. The lowest BCUT2D eigenvalue weighted by molar-refractivity contribution is -0.128. The Morgan fingerprint density at radius 1 is 1.16 bits per heavy atom. The van der Waals surface area contributed by atoms with Crippen LogP contribution < -0.4 is 20.7 Å². The molecule has 204 valence electrons. The first-order valence-corrected chi connectivity index (χ1v) is 14.4. The van der Waals surface area contributed by atoms with Gasteiger partial charge in [-0.25, -0.2) is 4.68 Å². The summed E-state index contributed by atoms with van der Waals surface area (Å²) in [5.74, 6) is 3.57. The zero-order chi connectivity index (χ0) is 26.2. The Labute approximate surface area is 221 Å². The summed E-state index contributed by atoms with van der Waals surface area (Å²) in [7, 11) is 0. The summed E-state index contributed by atoms with van der Waals surface area (Å²) in [6.45, 7) is 10.3. The molecule has 4 aliphatic carbocycles. The number of nitrogens with one attached hydrogen (secondary N) is 3. The highest BCUT2D eigenvalue weighted by Crippen LogP contribution is 2.53. The van der Waals surface area contributed by atoms with Gasteiger partial charge in [0.05, 0.1) is 18.2 Å². The molecule has 1 unspecified atom stereocenters. The molecule has 4 bridgehead atoms. The van der Waals surface area contributed by atoms with Crippen molar-refractivity contribution in [3.8, 4) is 5.88 Å². The second-order valence-corrected chi connectivity index (χ2v) is 13.0. The van der Waals surface area contributed by atoms with E-state index in [2.05, 4.69) is 34.9 Å². The van der Waals surface area contributed by atoms with Gasteiger partial charge in [0.15, 0.2) is 0 Å². The number of piperidine rings is 1. The van der Waals surface area contributed by atoms with Crippen molar-refractivity contribution in [3.63, 3.8) is 0 Å². The van der Waals surface area contributed by atoms with Gasteiger partial charge in [0.1, 0.15) is 5.56 Å². The molecule has 1 aromatic rings. The Kier molecular flexibility index (Phi) is 7.66. The fourth-order valence-electron chi connectivity index (χ4n) is 7.07. The van der Waals surface area contributed by atoms with Crippen molar-refractivity contribution in [2.45, 2.75) is 84.7 Å². The van der Waals surface area contributed by atoms with Gasteiger partial charge in [-0.05, 0) is 94.9 Å². The molecule has 0 radical (unpaired) electrons. The van der Waals surface area contributed by atoms with Crippen molar-refractivity contribution in [2.24, 2.45) is 35.0 Å². The first kappa shape index (κ1) is 26.3. The van der Waals surface area contributed by atoms with Crippen molar-refractivity contribution in [1.29, 1.82) is 0 Å². The van der Waals surface area contributed by atoms with Gasteiger partial charge in [-0.2, -0.15) is 5.10 Å². The first-order valence-electron chi connectivity index (χ1n) is 14.4. The average Bonchev–Trinajstić information content (AvgIpc) is 3.27. The highest BCUT2D eigenvalue weighted by molar-refractivity contribution is 5.96. The normalized spacial score (nSPS) is 31.2. The van der Waals surface area contributed by atoms with Crippen LogP contribution >= 0.6 is 0 Å². The van der Waals surface area contributed by atoms with Gasteiger partial charge < -0.3 is 20.7 Å². The topological polar surface area (TPSA) is 97.3 Å². The molecule has 8 heteroatoms. The van der Waals surface area contributed by atoms with Crippen molar-refractivity contribution in [3.05, 3.63) is 17.8 Å². The fraction of sp³-hybridized carbons (Fsp3) is 0.759. The van der Waals surface area contributed by atoms with E-state index in [-0.39, 0.29) is 23.9 Å². The van der Waals surface area contributed by atoms with E-state index < -0.39 is 5.41 Å². The van der Waals surface area contributed by atoms with Crippen LogP contribution in [0.4, 0.5) is 0 Å². The summed E-state index contributed by atoms with van der Waals surface area (Å²) in [5.41, 5.74) is -0.267. The van der Waals surface area contributed by atoms with E-state index in [0.717, 1.165) is 37.8 Å². The van der Waals surface area contributed by atoms with Crippen LogP contribution in [0.2, 0.25) is 0 Å². The highest BCUT2D eigenvalue weighted by Gasteiger charge is 2.48. The fourth-order valence-corrected chi connectivity index (χ4v) is 7.07. The van der Waals surface area contributed by atoms with E-state index in [9.17, 15) is 9.59 Å². The quantitative estimate of drug-likeness (QED) is 0.468. The van der Waals surface area contributed by atoms with Gasteiger partial charge in [-0.1, -0.05) is 19.9 Å². The zero-order valence-corrected chi connectivity index (χ0v) is 23.0. The van der Waals surface area contributed by atoms with E-state index in [1.54, 1.807) is 17.1 Å². The predicted molar refractivity (Wildman–Crippen MR) is 144 cm³/mol. The van der Waals surface area contributed by atoms with E-state index in [4.69, 9.17) is 4.74 Å². The third-order valence-electron chi connectivity index (χ3n) is 8.92. The van der Waals surface area contributed by atoms with Crippen LogP contribution in [0, 0.1) is 35.0 Å². The summed E-state index contributed by atoms with van der Waals surface area (Å²) in [6.07, 6.45) is 13.7. The maximum atomic E-state index is 13.5. The number of carbonyl (C=O) groups is 2. The molecule has 1 aromatic heterocycles. The Hall–Kier alpha value is -2.35. The lowest BCUT2D eigenvalue weighted by Crippen LogP contribution is -2.55. The van der Waals surface area contributed by atoms with E-state index in [0.29, 0.717) is 35.8 Å². The minimum absolute atomic E-state index is 0.0193. The van der Waals surface area contributed by atoms with Crippen molar-refractivity contribution < 1.29 is 14.3 Å². The van der Waals surface area contributed by atoms with Crippen LogP contribution in [0.5, 0.6) is 5.88 Å². The van der Waals surface area contributed by atoms with Gasteiger partial charge in [0.25, 0.3) is 5.91 Å². The van der Waals surface area contributed by atoms with Gasteiger partial charge in [-0.3, -0.25) is 9.59 Å². The Morgan fingerprint density at radius 2 is 1.86 bits per heavy atom. The third kappa shape index (κ3) is 5.89. The number of hydrogen-bond acceptors (Lipinski definition) is 5. The maximum Gasteiger partial charge on any atom is 0.258 e. The Balaban J connectivity index is 1.29. The molecule has 1 saturated heterocycles. The number of nitrogens with zero attached hydrogens (tertiary/aromatic N) is 2. The van der Waals surface area contributed by atoms with E-state index in [1.165, 1.54) is 32.1 Å². The first-order chi connectivity index (χ1) is 17.7. The lowest BCUT2D eigenvalue weighted by atomic mass is 9.54. The van der Waals surface area contributed by atoms with Gasteiger partial charge in [0.2, 0.25) is 11.8 Å². The molecule has 0 aromatic carbocycles. The number of aromatic nitrogens is 2. The molecule has 1 aliphatic heterocycles. The van der Waals surface area contributed by atoms with Crippen molar-refractivity contribution >= 4 is 18.0 Å². The van der Waals surface area contributed by atoms with Gasteiger partial charge in [-0.15, -0.1) is 0 Å². The molecule has 2 amide bonds. The van der Waals surface area contributed by atoms with Crippen LogP contribution in [0.3, 0.4) is 0 Å². The largest absolute Gasteiger partial charge is 0.477 e. The molecular weight excluding hydrogens is 466 g/mol. The summed E-state index contributed by atoms with van der Waals surface area (Å²) in [6, 6.07) is 0.415. The maximum absolute atomic E-state index is 13.5. The molecule has 8 nitrogen and oxygen atoms in total. The molecule has 5 fully saturated rings. The molecule has 4 saturated carbocycles. The second-order valence-electron chi connectivity index (χ2n) is 13.0. The van der Waals surface area contributed by atoms with Crippen molar-refractivity contribution in [1.82, 2.24) is 25.7 Å². The second kappa shape index (κ2) is 10.8. The van der Waals surface area contributed by atoms with Gasteiger partial charge >= 0.3 is 0 Å². The van der Waals surface area contributed by atoms with Crippen LogP contribution in [0.1, 0.15) is 83.0 Å². The average molecular weight is 512 g/mol. The minimum Gasteiger partial charge on any atom is -0.477 e. The molecule has 6 rings (SSSR count). The molecule has 1 atom stereocenters. The summed E-state index contributed by atoms with van der Waals surface area (Å²) >= 11 is 0. The highest BCUT2D eigenvalue weighted by atomic mass is 16.5. The van der Waals surface area contributed by atoms with Crippen LogP contribution in [0.25, 0.3) is 6.20 Å². The molecule has 3 N–H and O–H groups in total. The summed E-state index contributed by atoms with van der Waals surface area (Å²) in [4.78, 5) is 26.5. The van der Waals surface area contributed by atoms with Crippen LogP contribution in [-0.4, -0.2) is 53.4 Å². The van der Waals surface area contributed by atoms with E-state index in [1.807, 2.05) is 19.9 Å². The molecule has 2 heterocycles. The van der Waals surface area contributed by atoms with Gasteiger partial charge in [0, 0.05) is 24.8 Å². The number of rotatable bonds is 9. The van der Waals surface area contributed by atoms with E-state index >= 15 is 0 Å². The molecular formula is C29H45N5O3. The Morgan fingerprint density at radius 3 is 2.49 bits per heavy atom. The summed E-state index contributed by atoms with van der Waals surface area (Å²) < 4.78 is 7.73. The number of ether oxygens (including phenoxy) is 1. The molecule has 0 spiro atoms. The molecule has 5 aliphatic rings. The molecule has 37 heavy (non-hydrogen) atoms. The number of amides is 2. The smallest absolute Gasteiger partial charge is 0.258 e. The standard InChI is InChI=1S/C29H45N5O3/c1-18(2)17-37-27-24(26(35)33-25-21-11-19-10-20(13-21)14-22(25)12-19)16-31-34(27)9-7-29(3,4)28(36)32-23-6-5-8-30-15-23/h7,9,16,18-23,25,30H,5-6,8,10-15,17H2,1-4H3,(H,32,36)(H,33,35)/b9-7+. The number of hydrogen-bond donors (Lipinski definition) is 3. The monoisotopic (exact) mass is 511 g/mol.